The third-order valence-corrected chi connectivity index (χ3v) is 5.32. The van der Waals surface area contributed by atoms with E-state index < -0.39 is 0 Å². The molecule has 7 nitrogen and oxygen atoms in total. The molecule has 0 bridgehead atoms. The van der Waals surface area contributed by atoms with Gasteiger partial charge in [-0.25, -0.2) is 0 Å². The number of amides is 1. The van der Waals surface area contributed by atoms with Gasteiger partial charge < -0.3 is 20.9 Å². The number of piperidine rings is 1. The maximum atomic E-state index is 11.5. The van der Waals surface area contributed by atoms with Gasteiger partial charge in [0.2, 0.25) is 5.91 Å². The van der Waals surface area contributed by atoms with Crippen molar-refractivity contribution in [3.05, 3.63) is 59.9 Å². The molecule has 0 aliphatic carbocycles. The van der Waals surface area contributed by atoms with Crippen molar-refractivity contribution in [2.24, 2.45) is 16.6 Å². The minimum Gasteiger partial charge on any atom is -0.369 e. The van der Waals surface area contributed by atoms with Crippen molar-refractivity contribution >= 4 is 11.9 Å². The Hall–Kier alpha value is -2.80. The number of likely N-dealkylation sites (tertiary alicyclic amines) is 1. The summed E-state index contributed by atoms with van der Waals surface area (Å²) in [6, 6.07) is 12.6. The summed E-state index contributed by atoms with van der Waals surface area (Å²) >= 11 is 0. The number of aromatic nitrogens is 1. The predicted molar refractivity (Wildman–Crippen MR) is 116 cm³/mol. The summed E-state index contributed by atoms with van der Waals surface area (Å²) in [6.45, 7) is 5.04. The summed E-state index contributed by atoms with van der Waals surface area (Å²) in [5.74, 6) is 0.598. The largest absolute Gasteiger partial charge is 0.369 e. The number of guanidine groups is 1. The van der Waals surface area contributed by atoms with Gasteiger partial charge in [-0.05, 0) is 42.6 Å². The van der Waals surface area contributed by atoms with Crippen LogP contribution in [-0.4, -0.2) is 48.0 Å². The molecule has 29 heavy (non-hydrogen) atoms. The average molecular weight is 397 g/mol. The lowest BCUT2D eigenvalue weighted by molar-refractivity contribution is -0.123. The number of carbonyl (C=O) groups excluding carboxylic acids is 1. The average Bonchev–Trinajstić information content (AvgIpc) is 3.24. The van der Waals surface area contributed by atoms with Crippen LogP contribution >= 0.6 is 0 Å². The third kappa shape index (κ3) is 6.64. The van der Waals surface area contributed by atoms with Crippen molar-refractivity contribution in [3.8, 4) is 0 Å². The van der Waals surface area contributed by atoms with E-state index in [0.717, 1.165) is 51.5 Å². The standard InChI is InChI=1S/C22H32N6O/c1-24-22(25-9-13-27-10-2-3-11-27)26-15-18-6-4-7-19(14-18)16-28-12-5-8-20(17-28)21(23)29/h2-4,6-7,10-11,14,20H,5,8-9,12-13,15-17H2,1H3,(H2,23,29)(H2,24,25,26). The third-order valence-electron chi connectivity index (χ3n) is 5.32. The first-order chi connectivity index (χ1) is 14.1. The number of hydrogen-bond donors (Lipinski definition) is 3. The lowest BCUT2D eigenvalue weighted by Crippen LogP contribution is -2.40. The Balaban J connectivity index is 1.46. The first-order valence-corrected chi connectivity index (χ1v) is 10.3. The van der Waals surface area contributed by atoms with Gasteiger partial charge in [-0.15, -0.1) is 0 Å². The maximum Gasteiger partial charge on any atom is 0.221 e. The summed E-state index contributed by atoms with van der Waals surface area (Å²) in [5, 5.41) is 6.71. The second kappa shape index (κ2) is 10.7. The van der Waals surface area contributed by atoms with E-state index in [1.807, 2.05) is 12.1 Å². The molecule has 1 amide bonds. The number of benzene rings is 1. The molecule has 2 heterocycles. The van der Waals surface area contributed by atoms with Crippen molar-refractivity contribution in [3.63, 3.8) is 0 Å². The number of hydrogen-bond acceptors (Lipinski definition) is 3. The quantitative estimate of drug-likeness (QED) is 0.467. The van der Waals surface area contributed by atoms with E-state index in [2.05, 4.69) is 61.8 Å². The number of nitrogens with one attached hydrogen (secondary N) is 2. The summed E-state index contributed by atoms with van der Waals surface area (Å²) in [7, 11) is 1.78. The minimum absolute atomic E-state index is 0.0189. The van der Waals surface area contributed by atoms with Crippen LogP contribution in [0.15, 0.2) is 53.8 Å². The molecule has 1 aromatic heterocycles. The van der Waals surface area contributed by atoms with Crippen LogP contribution in [0.4, 0.5) is 0 Å². The zero-order chi connectivity index (χ0) is 20.5. The molecule has 7 heteroatoms. The van der Waals surface area contributed by atoms with Crippen LogP contribution in [-0.2, 0) is 24.4 Å². The van der Waals surface area contributed by atoms with Gasteiger partial charge in [-0.1, -0.05) is 24.3 Å². The normalized spacial score (nSPS) is 17.8. The Kier molecular flexibility index (Phi) is 7.69. The zero-order valence-corrected chi connectivity index (χ0v) is 17.2. The van der Waals surface area contributed by atoms with Crippen molar-refractivity contribution in [1.29, 1.82) is 0 Å². The molecule has 1 aromatic carbocycles. The van der Waals surface area contributed by atoms with Crippen LogP contribution in [0.2, 0.25) is 0 Å². The van der Waals surface area contributed by atoms with Gasteiger partial charge >= 0.3 is 0 Å². The van der Waals surface area contributed by atoms with Gasteiger partial charge in [0.1, 0.15) is 0 Å². The lowest BCUT2D eigenvalue weighted by Gasteiger charge is -2.31. The van der Waals surface area contributed by atoms with Gasteiger partial charge in [0.05, 0.1) is 5.92 Å². The molecule has 1 unspecified atom stereocenters. The monoisotopic (exact) mass is 396 g/mol. The number of nitrogens with two attached hydrogens (primary N) is 1. The first-order valence-electron chi connectivity index (χ1n) is 10.3. The van der Waals surface area contributed by atoms with Crippen LogP contribution in [0, 0.1) is 5.92 Å². The molecule has 156 valence electrons. The van der Waals surface area contributed by atoms with E-state index in [-0.39, 0.29) is 11.8 Å². The topological polar surface area (TPSA) is 87.7 Å². The highest BCUT2D eigenvalue weighted by Gasteiger charge is 2.23. The fourth-order valence-corrected chi connectivity index (χ4v) is 3.76. The first kappa shape index (κ1) is 20.9. The van der Waals surface area contributed by atoms with Gasteiger partial charge in [0.15, 0.2) is 5.96 Å². The summed E-state index contributed by atoms with van der Waals surface area (Å²) in [5.41, 5.74) is 7.96. The maximum absolute atomic E-state index is 11.5. The molecule has 1 fully saturated rings. The van der Waals surface area contributed by atoms with Gasteiger partial charge in [0, 0.05) is 52.2 Å². The van der Waals surface area contributed by atoms with Gasteiger partial charge in [-0.2, -0.15) is 0 Å². The molecule has 0 radical (unpaired) electrons. The Morgan fingerprint density at radius 1 is 1.21 bits per heavy atom. The molecule has 1 atom stereocenters. The van der Waals surface area contributed by atoms with Crippen LogP contribution in [0.25, 0.3) is 0 Å². The molecule has 1 saturated heterocycles. The van der Waals surface area contributed by atoms with E-state index >= 15 is 0 Å². The molecular weight excluding hydrogens is 364 g/mol. The van der Waals surface area contributed by atoms with Crippen molar-refractivity contribution < 1.29 is 4.79 Å². The Labute approximate surface area is 173 Å². The van der Waals surface area contributed by atoms with E-state index in [1.54, 1.807) is 7.05 Å². The zero-order valence-electron chi connectivity index (χ0n) is 17.2. The smallest absolute Gasteiger partial charge is 0.221 e. The Bertz CT molecular complexity index is 801. The molecule has 0 saturated carbocycles. The number of carbonyl (C=O) groups is 1. The fraction of sp³-hybridized carbons (Fsp3) is 0.455. The highest BCUT2D eigenvalue weighted by molar-refractivity contribution is 5.79. The molecular formula is C22H32N6O. The second-order valence-corrected chi connectivity index (χ2v) is 7.57. The molecule has 3 rings (SSSR count). The van der Waals surface area contributed by atoms with Gasteiger partial charge in [-0.3, -0.25) is 14.7 Å². The van der Waals surface area contributed by atoms with E-state index in [0.29, 0.717) is 6.54 Å². The van der Waals surface area contributed by atoms with E-state index in [4.69, 9.17) is 5.73 Å². The Morgan fingerprint density at radius 2 is 2.00 bits per heavy atom. The molecule has 0 spiro atoms. The number of aliphatic imine (C=N–C) groups is 1. The second-order valence-electron chi connectivity index (χ2n) is 7.57. The number of nitrogens with zero attached hydrogens (tertiary/aromatic N) is 3. The summed E-state index contributed by atoms with van der Waals surface area (Å²) in [4.78, 5) is 18.1. The van der Waals surface area contributed by atoms with Crippen LogP contribution in [0.5, 0.6) is 0 Å². The van der Waals surface area contributed by atoms with Crippen molar-refractivity contribution in [1.82, 2.24) is 20.1 Å². The number of primary amides is 1. The van der Waals surface area contributed by atoms with Crippen LogP contribution < -0.4 is 16.4 Å². The number of rotatable bonds is 8. The summed E-state index contributed by atoms with van der Waals surface area (Å²) in [6.07, 6.45) is 6.04. The highest BCUT2D eigenvalue weighted by atomic mass is 16.1. The Morgan fingerprint density at radius 3 is 2.76 bits per heavy atom. The van der Waals surface area contributed by atoms with Crippen LogP contribution in [0.1, 0.15) is 24.0 Å². The van der Waals surface area contributed by atoms with Crippen molar-refractivity contribution in [2.45, 2.75) is 32.5 Å². The highest BCUT2D eigenvalue weighted by Crippen LogP contribution is 2.18. The molecule has 1 aliphatic rings. The summed E-state index contributed by atoms with van der Waals surface area (Å²) < 4.78 is 2.13. The predicted octanol–water partition coefficient (Wildman–Crippen LogP) is 1.55. The van der Waals surface area contributed by atoms with Crippen molar-refractivity contribution in [2.75, 3.05) is 26.7 Å². The van der Waals surface area contributed by atoms with E-state index in [1.165, 1.54) is 11.1 Å². The fourth-order valence-electron chi connectivity index (χ4n) is 3.76. The minimum atomic E-state index is -0.177. The van der Waals surface area contributed by atoms with Crippen LogP contribution in [0.3, 0.4) is 0 Å². The molecule has 1 aliphatic heterocycles. The SMILES string of the molecule is CN=C(NCCn1cccc1)NCc1cccc(CN2CCCC(C(N)=O)C2)c1. The van der Waals surface area contributed by atoms with Gasteiger partial charge in [0.25, 0.3) is 0 Å². The molecule has 4 N–H and O–H groups in total. The lowest BCUT2D eigenvalue weighted by atomic mass is 9.97. The van der Waals surface area contributed by atoms with E-state index in [9.17, 15) is 4.79 Å². The molecule has 2 aromatic rings.